The van der Waals surface area contributed by atoms with Gasteiger partial charge in [-0.3, -0.25) is 0 Å². The van der Waals surface area contributed by atoms with Crippen LogP contribution in [0.2, 0.25) is 5.02 Å². The molecule has 0 spiro atoms. The molecule has 174 valence electrons. The van der Waals surface area contributed by atoms with Crippen molar-refractivity contribution in [2.75, 3.05) is 13.7 Å². The van der Waals surface area contributed by atoms with Crippen LogP contribution in [0.3, 0.4) is 0 Å². The summed E-state index contributed by atoms with van der Waals surface area (Å²) in [6.45, 7) is 2.19. The van der Waals surface area contributed by atoms with Crippen LogP contribution in [0.5, 0.6) is 11.5 Å². The summed E-state index contributed by atoms with van der Waals surface area (Å²) in [4.78, 5) is 18.2. The van der Waals surface area contributed by atoms with Crippen LogP contribution in [0.25, 0.3) is 0 Å². The van der Waals surface area contributed by atoms with Gasteiger partial charge >= 0.3 is 11.9 Å². The summed E-state index contributed by atoms with van der Waals surface area (Å²) in [6.07, 6.45) is 0.963. The molecular weight excluding hydrogens is 446 g/mol. The molecule has 0 amide bonds. The van der Waals surface area contributed by atoms with Crippen molar-refractivity contribution in [1.82, 2.24) is 5.32 Å². The number of rotatable bonds is 9. The molecule has 0 atom stereocenters. The Bertz CT molecular complexity index is 1010. The highest BCUT2D eigenvalue weighted by Crippen LogP contribution is 2.28. The molecule has 0 aliphatic carbocycles. The standard InChI is InChI=1S/C23H24ClNO2.C2H2O4/c1-26-22-12-9-20(15-23(22)27-17-19-5-3-2-4-6-19)16-25-14-13-18-7-10-21(24)11-8-18;3-1(4)2(5)6/h2-12,15,25H,13-14,16-17H2,1H3;(H,3,4)(H,5,6). The average molecular weight is 472 g/mol. The Morgan fingerprint density at radius 2 is 1.48 bits per heavy atom. The number of carbonyl (C=O) groups is 2. The van der Waals surface area contributed by atoms with Crippen LogP contribution >= 0.6 is 11.6 Å². The van der Waals surface area contributed by atoms with E-state index < -0.39 is 11.9 Å². The van der Waals surface area contributed by atoms with Crippen molar-refractivity contribution in [3.05, 3.63) is 94.5 Å². The Balaban J connectivity index is 0.000000569. The Labute approximate surface area is 197 Å². The fourth-order valence-corrected chi connectivity index (χ4v) is 2.92. The first-order chi connectivity index (χ1) is 15.9. The molecule has 3 aromatic carbocycles. The molecule has 0 bridgehead atoms. The average Bonchev–Trinajstić information content (AvgIpc) is 2.82. The first kappa shape index (κ1) is 25.7. The van der Waals surface area contributed by atoms with Crippen molar-refractivity contribution in [1.29, 1.82) is 0 Å². The molecule has 7 nitrogen and oxygen atoms in total. The molecule has 8 heteroatoms. The van der Waals surface area contributed by atoms with Crippen molar-refractivity contribution in [3.8, 4) is 11.5 Å². The van der Waals surface area contributed by atoms with Gasteiger partial charge in [0.05, 0.1) is 7.11 Å². The number of ether oxygens (including phenoxy) is 2. The first-order valence-electron chi connectivity index (χ1n) is 10.1. The second-order valence-electron chi connectivity index (χ2n) is 6.92. The van der Waals surface area contributed by atoms with Gasteiger partial charge in [-0.2, -0.15) is 0 Å². The summed E-state index contributed by atoms with van der Waals surface area (Å²) < 4.78 is 11.4. The summed E-state index contributed by atoms with van der Waals surface area (Å²) in [5, 5.41) is 19.0. The molecule has 0 radical (unpaired) electrons. The SMILES string of the molecule is COc1ccc(CNCCc2ccc(Cl)cc2)cc1OCc1ccccc1.O=C(O)C(=O)O. The lowest BCUT2D eigenvalue weighted by molar-refractivity contribution is -0.159. The van der Waals surface area contributed by atoms with E-state index in [0.29, 0.717) is 6.61 Å². The number of aliphatic carboxylic acids is 2. The molecule has 0 aliphatic rings. The van der Waals surface area contributed by atoms with Crippen LogP contribution in [0.4, 0.5) is 0 Å². The van der Waals surface area contributed by atoms with Crippen molar-refractivity contribution >= 4 is 23.5 Å². The Morgan fingerprint density at radius 3 is 2.09 bits per heavy atom. The predicted octanol–water partition coefficient (Wildman–Crippen LogP) is 4.42. The second kappa shape index (κ2) is 13.8. The quantitative estimate of drug-likeness (QED) is 0.313. The van der Waals surface area contributed by atoms with Gasteiger partial charge in [-0.25, -0.2) is 9.59 Å². The van der Waals surface area contributed by atoms with Gasteiger partial charge < -0.3 is 25.0 Å². The van der Waals surface area contributed by atoms with Crippen molar-refractivity contribution in [2.24, 2.45) is 0 Å². The van der Waals surface area contributed by atoms with E-state index in [9.17, 15) is 0 Å². The fraction of sp³-hybridized carbons (Fsp3) is 0.200. The molecule has 0 aromatic heterocycles. The van der Waals surface area contributed by atoms with Gasteiger partial charge in [0.2, 0.25) is 0 Å². The summed E-state index contributed by atoms with van der Waals surface area (Å²) in [6, 6.07) is 24.2. The van der Waals surface area contributed by atoms with Crippen LogP contribution in [0.15, 0.2) is 72.8 Å². The maximum atomic E-state index is 9.10. The van der Waals surface area contributed by atoms with Gasteiger partial charge in [-0.15, -0.1) is 0 Å². The Hall–Kier alpha value is -3.55. The Kier molecular flexibility index (Phi) is 10.7. The molecule has 3 rings (SSSR count). The molecule has 0 unspecified atom stereocenters. The van der Waals surface area contributed by atoms with Crippen molar-refractivity contribution in [2.45, 2.75) is 19.6 Å². The lowest BCUT2D eigenvalue weighted by Crippen LogP contribution is -2.16. The van der Waals surface area contributed by atoms with Gasteiger partial charge in [-0.1, -0.05) is 60.1 Å². The highest BCUT2D eigenvalue weighted by molar-refractivity contribution is 6.30. The third-order valence-corrected chi connectivity index (χ3v) is 4.73. The van der Waals surface area contributed by atoms with Crippen molar-refractivity contribution in [3.63, 3.8) is 0 Å². The Morgan fingerprint density at radius 1 is 0.848 bits per heavy atom. The largest absolute Gasteiger partial charge is 0.493 e. The van der Waals surface area contributed by atoms with Gasteiger partial charge in [0, 0.05) is 11.6 Å². The van der Waals surface area contributed by atoms with Crippen LogP contribution in [-0.2, 0) is 29.2 Å². The lowest BCUT2D eigenvalue weighted by Gasteiger charge is -2.13. The smallest absolute Gasteiger partial charge is 0.414 e. The third-order valence-electron chi connectivity index (χ3n) is 4.48. The van der Waals surface area contributed by atoms with E-state index in [0.717, 1.165) is 47.2 Å². The number of nitrogens with one attached hydrogen (secondary N) is 1. The van der Waals surface area contributed by atoms with E-state index in [-0.39, 0.29) is 0 Å². The molecule has 33 heavy (non-hydrogen) atoms. The lowest BCUT2D eigenvalue weighted by atomic mass is 10.1. The minimum atomic E-state index is -1.82. The summed E-state index contributed by atoms with van der Waals surface area (Å²) in [5.74, 6) is -2.14. The summed E-state index contributed by atoms with van der Waals surface area (Å²) in [7, 11) is 1.66. The minimum absolute atomic E-state index is 0.519. The first-order valence-corrected chi connectivity index (χ1v) is 10.5. The van der Waals surface area contributed by atoms with E-state index in [1.165, 1.54) is 5.56 Å². The van der Waals surface area contributed by atoms with E-state index in [1.54, 1.807) is 7.11 Å². The number of benzene rings is 3. The van der Waals surface area contributed by atoms with Crippen LogP contribution in [0.1, 0.15) is 16.7 Å². The minimum Gasteiger partial charge on any atom is -0.493 e. The maximum Gasteiger partial charge on any atom is 0.414 e. The molecule has 0 heterocycles. The fourth-order valence-electron chi connectivity index (χ4n) is 2.80. The number of hydrogen-bond donors (Lipinski definition) is 3. The summed E-state index contributed by atoms with van der Waals surface area (Å²) >= 11 is 5.92. The van der Waals surface area contributed by atoms with E-state index >= 15 is 0 Å². The number of halogens is 1. The normalized spacial score (nSPS) is 10.0. The zero-order valence-corrected chi connectivity index (χ0v) is 18.9. The molecular formula is C25H26ClNO6. The van der Waals surface area contributed by atoms with E-state index in [4.69, 9.17) is 40.9 Å². The number of carboxylic acid groups (broad SMARTS) is 2. The third kappa shape index (κ3) is 9.64. The number of hydrogen-bond acceptors (Lipinski definition) is 5. The predicted molar refractivity (Wildman–Crippen MR) is 126 cm³/mol. The highest BCUT2D eigenvalue weighted by atomic mass is 35.5. The van der Waals surface area contributed by atoms with Crippen molar-refractivity contribution < 1.29 is 29.3 Å². The monoisotopic (exact) mass is 471 g/mol. The van der Waals surface area contributed by atoms with Gasteiger partial charge in [0.1, 0.15) is 6.61 Å². The second-order valence-corrected chi connectivity index (χ2v) is 7.36. The molecule has 3 aromatic rings. The molecule has 0 aliphatic heterocycles. The van der Waals surface area contributed by atoms with E-state index in [2.05, 4.69) is 35.6 Å². The molecule has 0 saturated heterocycles. The van der Waals surface area contributed by atoms with Crippen LogP contribution in [-0.4, -0.2) is 35.8 Å². The summed E-state index contributed by atoms with van der Waals surface area (Å²) in [5.41, 5.74) is 3.56. The molecule has 0 fully saturated rings. The number of methoxy groups -OCH3 is 1. The van der Waals surface area contributed by atoms with E-state index in [1.807, 2.05) is 42.5 Å². The number of carboxylic acids is 2. The van der Waals surface area contributed by atoms with Crippen LogP contribution < -0.4 is 14.8 Å². The van der Waals surface area contributed by atoms with Gasteiger partial charge in [-0.05, 0) is 53.9 Å². The van der Waals surface area contributed by atoms with Crippen LogP contribution in [0, 0.1) is 0 Å². The van der Waals surface area contributed by atoms with Gasteiger partial charge in [0.25, 0.3) is 0 Å². The topological polar surface area (TPSA) is 105 Å². The molecule has 0 saturated carbocycles. The van der Waals surface area contributed by atoms with Gasteiger partial charge in [0.15, 0.2) is 11.5 Å². The zero-order chi connectivity index (χ0) is 24.1. The zero-order valence-electron chi connectivity index (χ0n) is 18.2. The molecule has 3 N–H and O–H groups in total. The maximum absolute atomic E-state index is 9.10. The highest BCUT2D eigenvalue weighted by Gasteiger charge is 2.07.